The second kappa shape index (κ2) is 4.76. The molecule has 1 aliphatic heterocycles. The van der Waals surface area contributed by atoms with Crippen LogP contribution in [0.2, 0.25) is 0 Å². The molecular weight excluding hydrogens is 266 g/mol. The van der Waals surface area contributed by atoms with Crippen molar-refractivity contribution in [2.45, 2.75) is 32.4 Å². The van der Waals surface area contributed by atoms with Crippen molar-refractivity contribution in [2.24, 2.45) is 0 Å². The SMILES string of the molecule is Cc1nc2n(n1)C[C@@H](Nc1ccc3nccnc3n1)CC2. The maximum Gasteiger partial charge on any atom is 0.180 e. The second-order valence-electron chi connectivity index (χ2n) is 5.23. The first-order chi connectivity index (χ1) is 10.3. The van der Waals surface area contributed by atoms with Gasteiger partial charge in [0, 0.05) is 24.9 Å². The lowest BCUT2D eigenvalue weighted by Gasteiger charge is -2.23. The molecule has 0 aliphatic carbocycles. The van der Waals surface area contributed by atoms with Crippen molar-refractivity contribution < 1.29 is 0 Å². The van der Waals surface area contributed by atoms with Crippen LogP contribution in [0.4, 0.5) is 5.82 Å². The third kappa shape index (κ3) is 2.31. The molecule has 1 aliphatic rings. The van der Waals surface area contributed by atoms with Crippen LogP contribution in [0.3, 0.4) is 0 Å². The minimum atomic E-state index is 0.306. The van der Waals surface area contributed by atoms with Crippen LogP contribution in [0, 0.1) is 6.92 Å². The molecule has 0 bridgehead atoms. The van der Waals surface area contributed by atoms with Crippen LogP contribution in [-0.2, 0) is 13.0 Å². The lowest BCUT2D eigenvalue weighted by molar-refractivity contribution is 0.440. The van der Waals surface area contributed by atoms with Gasteiger partial charge in [0.2, 0.25) is 0 Å². The van der Waals surface area contributed by atoms with Crippen molar-refractivity contribution in [3.8, 4) is 0 Å². The highest BCUT2D eigenvalue weighted by Crippen LogP contribution is 2.17. The average Bonchev–Trinajstić information content (AvgIpc) is 2.86. The monoisotopic (exact) mass is 281 g/mol. The normalized spacial score (nSPS) is 17.7. The number of aryl methyl sites for hydroxylation is 2. The third-order valence-corrected chi connectivity index (χ3v) is 3.65. The molecule has 0 saturated heterocycles. The summed E-state index contributed by atoms with van der Waals surface area (Å²) in [7, 11) is 0. The summed E-state index contributed by atoms with van der Waals surface area (Å²) in [5.41, 5.74) is 1.47. The van der Waals surface area contributed by atoms with Crippen LogP contribution in [0.1, 0.15) is 18.1 Å². The molecule has 0 fully saturated rings. The van der Waals surface area contributed by atoms with E-state index in [9.17, 15) is 0 Å². The first-order valence-electron chi connectivity index (χ1n) is 7.02. The lowest BCUT2D eigenvalue weighted by atomic mass is 10.1. The Labute approximate surface area is 121 Å². The molecule has 0 spiro atoms. The molecule has 0 aromatic carbocycles. The summed E-state index contributed by atoms with van der Waals surface area (Å²) >= 11 is 0. The molecule has 3 aromatic heterocycles. The average molecular weight is 281 g/mol. The van der Waals surface area contributed by atoms with Crippen LogP contribution in [0.5, 0.6) is 0 Å². The highest BCUT2D eigenvalue weighted by Gasteiger charge is 2.21. The zero-order chi connectivity index (χ0) is 14.2. The van der Waals surface area contributed by atoms with E-state index in [1.165, 1.54) is 0 Å². The maximum atomic E-state index is 4.50. The molecule has 21 heavy (non-hydrogen) atoms. The fourth-order valence-electron chi connectivity index (χ4n) is 2.70. The van der Waals surface area contributed by atoms with E-state index in [0.717, 1.165) is 42.4 Å². The molecule has 3 aromatic rings. The second-order valence-corrected chi connectivity index (χ2v) is 5.23. The van der Waals surface area contributed by atoms with E-state index < -0.39 is 0 Å². The van der Waals surface area contributed by atoms with E-state index in [2.05, 4.69) is 30.4 Å². The summed E-state index contributed by atoms with van der Waals surface area (Å²) in [6, 6.07) is 4.19. The van der Waals surface area contributed by atoms with Gasteiger partial charge in [-0.2, -0.15) is 5.10 Å². The molecule has 0 radical (unpaired) electrons. The number of aromatic nitrogens is 6. The molecule has 7 heteroatoms. The molecule has 7 nitrogen and oxygen atoms in total. The zero-order valence-corrected chi connectivity index (χ0v) is 11.7. The van der Waals surface area contributed by atoms with E-state index in [0.29, 0.717) is 11.7 Å². The van der Waals surface area contributed by atoms with Crippen molar-refractivity contribution in [3.63, 3.8) is 0 Å². The molecular formula is C14H15N7. The molecule has 0 unspecified atom stereocenters. The highest BCUT2D eigenvalue weighted by molar-refractivity contribution is 5.71. The number of nitrogens with one attached hydrogen (secondary N) is 1. The van der Waals surface area contributed by atoms with Gasteiger partial charge < -0.3 is 5.32 Å². The summed E-state index contributed by atoms with van der Waals surface area (Å²) in [6.45, 7) is 2.74. The Balaban J connectivity index is 1.55. The zero-order valence-electron chi connectivity index (χ0n) is 11.7. The number of anilines is 1. The van der Waals surface area contributed by atoms with Gasteiger partial charge in [0.25, 0.3) is 0 Å². The Morgan fingerprint density at radius 1 is 1.19 bits per heavy atom. The highest BCUT2D eigenvalue weighted by atomic mass is 15.4. The number of pyridine rings is 1. The van der Waals surface area contributed by atoms with Gasteiger partial charge in [0.15, 0.2) is 5.65 Å². The Morgan fingerprint density at radius 2 is 2.10 bits per heavy atom. The molecule has 0 amide bonds. The summed E-state index contributed by atoms with van der Waals surface area (Å²) < 4.78 is 1.98. The molecule has 1 N–H and O–H groups in total. The number of rotatable bonds is 2. The van der Waals surface area contributed by atoms with Gasteiger partial charge in [-0.15, -0.1) is 0 Å². The molecule has 0 saturated carbocycles. The van der Waals surface area contributed by atoms with E-state index in [-0.39, 0.29) is 0 Å². The molecule has 4 heterocycles. The minimum Gasteiger partial charge on any atom is -0.365 e. The summed E-state index contributed by atoms with van der Waals surface area (Å²) in [4.78, 5) is 17.4. The predicted molar refractivity (Wildman–Crippen MR) is 77.8 cm³/mol. The fourth-order valence-corrected chi connectivity index (χ4v) is 2.70. The smallest absolute Gasteiger partial charge is 0.180 e. The summed E-state index contributed by atoms with van der Waals surface area (Å²) in [6.07, 6.45) is 5.29. The molecule has 1 atom stereocenters. The number of hydrogen-bond donors (Lipinski definition) is 1. The van der Waals surface area contributed by atoms with Crippen LogP contribution < -0.4 is 5.32 Å². The maximum absolute atomic E-state index is 4.50. The quantitative estimate of drug-likeness (QED) is 0.763. The first kappa shape index (κ1) is 12.2. The van der Waals surface area contributed by atoms with Crippen molar-refractivity contribution in [2.75, 3.05) is 5.32 Å². The third-order valence-electron chi connectivity index (χ3n) is 3.65. The molecule has 4 rings (SSSR count). The lowest BCUT2D eigenvalue weighted by Crippen LogP contribution is -2.32. The van der Waals surface area contributed by atoms with Crippen LogP contribution in [0.15, 0.2) is 24.5 Å². The van der Waals surface area contributed by atoms with Gasteiger partial charge in [-0.05, 0) is 25.5 Å². The largest absolute Gasteiger partial charge is 0.365 e. The Bertz CT molecular complexity index is 795. The number of fused-ring (bicyclic) bond motifs is 2. The fraction of sp³-hybridized carbons (Fsp3) is 0.357. The molecule has 106 valence electrons. The van der Waals surface area contributed by atoms with Gasteiger partial charge in [-0.3, -0.25) is 4.98 Å². The van der Waals surface area contributed by atoms with Crippen molar-refractivity contribution >= 4 is 17.0 Å². The van der Waals surface area contributed by atoms with Gasteiger partial charge in [-0.1, -0.05) is 0 Å². The number of hydrogen-bond acceptors (Lipinski definition) is 6. The Kier molecular flexibility index (Phi) is 2.77. The summed E-state index contributed by atoms with van der Waals surface area (Å²) in [5, 5.41) is 7.87. The summed E-state index contributed by atoms with van der Waals surface area (Å²) in [5.74, 6) is 2.74. The van der Waals surface area contributed by atoms with Crippen LogP contribution in [-0.4, -0.2) is 35.8 Å². The van der Waals surface area contributed by atoms with Crippen molar-refractivity contribution in [1.29, 1.82) is 0 Å². The van der Waals surface area contributed by atoms with E-state index in [1.807, 2.05) is 23.7 Å². The van der Waals surface area contributed by atoms with Crippen LogP contribution >= 0.6 is 0 Å². The van der Waals surface area contributed by atoms with E-state index >= 15 is 0 Å². The minimum absolute atomic E-state index is 0.306. The van der Waals surface area contributed by atoms with E-state index in [4.69, 9.17) is 0 Å². The predicted octanol–water partition coefficient (Wildman–Crippen LogP) is 1.35. The van der Waals surface area contributed by atoms with Gasteiger partial charge in [-0.25, -0.2) is 19.6 Å². The van der Waals surface area contributed by atoms with Crippen molar-refractivity contribution in [3.05, 3.63) is 36.2 Å². The van der Waals surface area contributed by atoms with E-state index in [1.54, 1.807) is 12.4 Å². The van der Waals surface area contributed by atoms with Gasteiger partial charge in [0.1, 0.15) is 23.0 Å². The van der Waals surface area contributed by atoms with Gasteiger partial charge in [0.05, 0.1) is 6.54 Å². The van der Waals surface area contributed by atoms with Crippen LogP contribution in [0.25, 0.3) is 11.2 Å². The number of nitrogens with zero attached hydrogens (tertiary/aromatic N) is 6. The van der Waals surface area contributed by atoms with Gasteiger partial charge >= 0.3 is 0 Å². The topological polar surface area (TPSA) is 81.4 Å². The Hall–Kier alpha value is -2.57. The standard InChI is InChI=1S/C14H15N7/c1-9-17-13-5-2-10(8-21(13)20-9)18-12-4-3-11-14(19-12)16-7-6-15-11/h3-4,6-7,10H,2,5,8H2,1H3,(H,16,18,19)/t10-/m0/s1. The Morgan fingerprint density at radius 3 is 3.05 bits per heavy atom. The first-order valence-corrected chi connectivity index (χ1v) is 7.02. The van der Waals surface area contributed by atoms with Crippen molar-refractivity contribution in [1.82, 2.24) is 29.7 Å².